The molecule has 1 fully saturated rings. The van der Waals surface area contributed by atoms with Crippen molar-refractivity contribution in [2.75, 3.05) is 26.2 Å². The second kappa shape index (κ2) is 5.66. The number of rotatable bonds is 1. The van der Waals surface area contributed by atoms with Crippen molar-refractivity contribution in [2.45, 2.75) is 52.5 Å². The Bertz CT molecular complexity index is 359. The Labute approximate surface area is 117 Å². The number of hydrogen-bond acceptors (Lipinski definition) is 2. The van der Waals surface area contributed by atoms with Gasteiger partial charge in [-0.25, -0.2) is 0 Å². The van der Waals surface area contributed by atoms with Gasteiger partial charge in [0, 0.05) is 37.6 Å². The maximum atomic E-state index is 12.5. The van der Waals surface area contributed by atoms with Gasteiger partial charge in [0.2, 0.25) is 5.91 Å². The largest absolute Gasteiger partial charge is 0.340 e. The van der Waals surface area contributed by atoms with Crippen molar-refractivity contribution in [3.05, 3.63) is 11.6 Å². The summed E-state index contributed by atoms with van der Waals surface area (Å²) in [6, 6.07) is 0. The van der Waals surface area contributed by atoms with Gasteiger partial charge < -0.3 is 4.90 Å². The Morgan fingerprint density at radius 1 is 1.21 bits per heavy atom. The minimum absolute atomic E-state index is 0.222. The normalized spacial score (nSPS) is 26.2. The fraction of sp³-hybridized carbons (Fsp3) is 0.812. The fourth-order valence-electron chi connectivity index (χ4n) is 3.05. The van der Waals surface area contributed by atoms with Crippen LogP contribution in [0.5, 0.6) is 0 Å². The molecule has 0 saturated carbocycles. The summed E-state index contributed by atoms with van der Waals surface area (Å²) in [7, 11) is 0. The highest BCUT2D eigenvalue weighted by Crippen LogP contribution is 2.26. The van der Waals surface area contributed by atoms with Crippen molar-refractivity contribution in [3.8, 4) is 0 Å². The van der Waals surface area contributed by atoms with Gasteiger partial charge in [0.05, 0.1) is 0 Å². The quantitative estimate of drug-likeness (QED) is 0.680. The van der Waals surface area contributed by atoms with Crippen LogP contribution < -0.4 is 0 Å². The molecule has 0 aromatic rings. The van der Waals surface area contributed by atoms with Gasteiger partial charge in [-0.1, -0.05) is 11.6 Å². The molecule has 1 saturated heterocycles. The topological polar surface area (TPSA) is 23.6 Å². The Kier molecular flexibility index (Phi) is 4.34. The number of hydrogen-bond donors (Lipinski definition) is 0. The second-order valence-corrected chi connectivity index (χ2v) is 7.00. The minimum Gasteiger partial charge on any atom is -0.340 e. The van der Waals surface area contributed by atoms with E-state index in [1.54, 1.807) is 0 Å². The van der Waals surface area contributed by atoms with Crippen LogP contribution in [0.4, 0.5) is 0 Å². The van der Waals surface area contributed by atoms with Crippen LogP contribution >= 0.6 is 0 Å². The molecule has 1 unspecified atom stereocenters. The van der Waals surface area contributed by atoms with Crippen molar-refractivity contribution < 1.29 is 4.79 Å². The Morgan fingerprint density at radius 3 is 2.32 bits per heavy atom. The van der Waals surface area contributed by atoms with Gasteiger partial charge >= 0.3 is 0 Å². The summed E-state index contributed by atoms with van der Waals surface area (Å²) in [6.07, 6.45) is 5.33. The zero-order chi connectivity index (χ0) is 14.0. The SMILES string of the molecule is CC1=CCC(C(=O)N2CCN(C(C)(C)C)CC2)CC1. The van der Waals surface area contributed by atoms with Crippen LogP contribution in [0.1, 0.15) is 47.0 Å². The summed E-state index contributed by atoms with van der Waals surface area (Å²) in [4.78, 5) is 17.1. The molecule has 0 radical (unpaired) electrons. The third kappa shape index (κ3) is 3.59. The number of carbonyl (C=O) groups excluding carboxylic acids is 1. The number of allylic oxidation sites excluding steroid dienone is 2. The van der Waals surface area contributed by atoms with E-state index >= 15 is 0 Å². The highest BCUT2D eigenvalue weighted by atomic mass is 16.2. The fourth-order valence-corrected chi connectivity index (χ4v) is 3.05. The van der Waals surface area contributed by atoms with E-state index in [2.05, 4.69) is 43.6 Å². The summed E-state index contributed by atoms with van der Waals surface area (Å²) in [5.74, 6) is 0.627. The molecule has 3 heteroatoms. The second-order valence-electron chi connectivity index (χ2n) is 7.00. The standard InChI is InChI=1S/C16H28N2O/c1-13-5-7-14(8-6-13)15(19)17-9-11-18(12-10-17)16(2,3)4/h5,14H,6-12H2,1-4H3. The molecule has 0 spiro atoms. The lowest BCUT2D eigenvalue weighted by Crippen LogP contribution is -2.55. The van der Waals surface area contributed by atoms with Gasteiger partial charge in [-0.2, -0.15) is 0 Å². The molecular formula is C16H28N2O. The van der Waals surface area contributed by atoms with Gasteiger partial charge in [0.15, 0.2) is 0 Å². The van der Waals surface area contributed by atoms with Gasteiger partial charge in [-0.3, -0.25) is 9.69 Å². The molecule has 1 atom stereocenters. The van der Waals surface area contributed by atoms with Crippen molar-refractivity contribution in [2.24, 2.45) is 5.92 Å². The van der Waals surface area contributed by atoms with E-state index in [0.29, 0.717) is 5.91 Å². The predicted octanol–water partition coefficient (Wildman–Crippen LogP) is 2.68. The van der Waals surface area contributed by atoms with Gasteiger partial charge in [0.1, 0.15) is 0 Å². The minimum atomic E-state index is 0.222. The summed E-state index contributed by atoms with van der Waals surface area (Å²) in [6.45, 7) is 12.7. The molecular weight excluding hydrogens is 236 g/mol. The first-order valence-corrected chi connectivity index (χ1v) is 7.57. The Morgan fingerprint density at radius 2 is 1.84 bits per heavy atom. The van der Waals surface area contributed by atoms with Gasteiger partial charge in [0.25, 0.3) is 0 Å². The first-order valence-electron chi connectivity index (χ1n) is 7.57. The summed E-state index contributed by atoms with van der Waals surface area (Å²) in [5.41, 5.74) is 1.67. The van der Waals surface area contributed by atoms with E-state index in [1.807, 2.05) is 0 Å². The van der Waals surface area contributed by atoms with Crippen LogP contribution in [0.25, 0.3) is 0 Å². The van der Waals surface area contributed by atoms with E-state index in [1.165, 1.54) is 5.57 Å². The van der Waals surface area contributed by atoms with Gasteiger partial charge in [-0.05, 0) is 47.0 Å². The van der Waals surface area contributed by atoms with E-state index in [4.69, 9.17) is 0 Å². The maximum Gasteiger partial charge on any atom is 0.226 e. The third-order valence-electron chi connectivity index (χ3n) is 4.53. The number of piperazine rings is 1. The van der Waals surface area contributed by atoms with Crippen LogP contribution in [0, 0.1) is 5.92 Å². The van der Waals surface area contributed by atoms with E-state index in [-0.39, 0.29) is 11.5 Å². The molecule has 3 nitrogen and oxygen atoms in total. The molecule has 0 bridgehead atoms. The summed E-state index contributed by atoms with van der Waals surface area (Å²) >= 11 is 0. The Hall–Kier alpha value is -0.830. The smallest absolute Gasteiger partial charge is 0.226 e. The van der Waals surface area contributed by atoms with Crippen LogP contribution in [-0.4, -0.2) is 47.4 Å². The van der Waals surface area contributed by atoms with Crippen molar-refractivity contribution in [3.63, 3.8) is 0 Å². The van der Waals surface area contributed by atoms with Crippen LogP contribution in [0.15, 0.2) is 11.6 Å². The molecule has 108 valence electrons. The van der Waals surface area contributed by atoms with E-state index in [0.717, 1.165) is 45.4 Å². The van der Waals surface area contributed by atoms with E-state index < -0.39 is 0 Å². The molecule has 0 N–H and O–H groups in total. The highest BCUT2D eigenvalue weighted by Gasteiger charge is 2.31. The van der Waals surface area contributed by atoms with Crippen LogP contribution in [-0.2, 0) is 4.79 Å². The lowest BCUT2D eigenvalue weighted by atomic mass is 9.89. The molecule has 1 heterocycles. The van der Waals surface area contributed by atoms with Crippen molar-refractivity contribution in [1.82, 2.24) is 9.80 Å². The van der Waals surface area contributed by atoms with Gasteiger partial charge in [-0.15, -0.1) is 0 Å². The predicted molar refractivity (Wildman–Crippen MR) is 79.0 cm³/mol. The molecule has 1 aliphatic heterocycles. The number of amides is 1. The first-order chi connectivity index (χ1) is 8.88. The first kappa shape index (κ1) is 14.6. The summed E-state index contributed by atoms with van der Waals surface area (Å²) < 4.78 is 0. The Balaban J connectivity index is 1.86. The van der Waals surface area contributed by atoms with E-state index in [9.17, 15) is 4.79 Å². The average Bonchev–Trinajstić information content (AvgIpc) is 2.38. The molecule has 1 aliphatic carbocycles. The zero-order valence-corrected chi connectivity index (χ0v) is 12.9. The monoisotopic (exact) mass is 264 g/mol. The molecule has 19 heavy (non-hydrogen) atoms. The zero-order valence-electron chi connectivity index (χ0n) is 12.9. The summed E-state index contributed by atoms with van der Waals surface area (Å²) in [5, 5.41) is 0. The average molecular weight is 264 g/mol. The molecule has 1 amide bonds. The maximum absolute atomic E-state index is 12.5. The van der Waals surface area contributed by atoms with Crippen molar-refractivity contribution in [1.29, 1.82) is 0 Å². The lowest BCUT2D eigenvalue weighted by Gasteiger charge is -2.43. The highest BCUT2D eigenvalue weighted by molar-refractivity contribution is 5.79. The van der Waals surface area contributed by atoms with Crippen LogP contribution in [0.2, 0.25) is 0 Å². The third-order valence-corrected chi connectivity index (χ3v) is 4.53. The number of carbonyl (C=O) groups is 1. The number of nitrogens with zero attached hydrogens (tertiary/aromatic N) is 2. The van der Waals surface area contributed by atoms with Crippen molar-refractivity contribution >= 4 is 5.91 Å². The van der Waals surface area contributed by atoms with Crippen LogP contribution in [0.3, 0.4) is 0 Å². The molecule has 2 rings (SSSR count). The molecule has 0 aromatic heterocycles. The molecule has 2 aliphatic rings. The lowest BCUT2D eigenvalue weighted by molar-refractivity contribution is -0.138. The molecule has 0 aromatic carbocycles.